The van der Waals surface area contributed by atoms with Crippen LogP contribution in [0.3, 0.4) is 0 Å². The minimum Gasteiger partial charge on any atom is -0.322 e. The molecule has 0 spiro atoms. The van der Waals surface area contributed by atoms with Crippen LogP contribution in [0.25, 0.3) is 0 Å². The van der Waals surface area contributed by atoms with Crippen molar-refractivity contribution < 1.29 is 18.8 Å². The van der Waals surface area contributed by atoms with Gasteiger partial charge in [0.25, 0.3) is 5.91 Å². The summed E-state index contributed by atoms with van der Waals surface area (Å²) in [7, 11) is 0. The van der Waals surface area contributed by atoms with Gasteiger partial charge in [0.15, 0.2) is 0 Å². The monoisotopic (exact) mass is 532 g/mol. The third-order valence-corrected chi connectivity index (χ3v) is 9.14. The summed E-state index contributed by atoms with van der Waals surface area (Å²) in [4.78, 5) is 43.4. The molecule has 0 bridgehead atoms. The molecular weight excluding hydrogens is 495 g/mol. The molecule has 3 amide bonds. The zero-order chi connectivity index (χ0) is 26.9. The zero-order valence-electron chi connectivity index (χ0n) is 22.4. The predicted octanol–water partition coefficient (Wildman–Crippen LogP) is 3.68. The number of likely N-dealkylation sites (tertiary alicyclic amines) is 2. The van der Waals surface area contributed by atoms with Crippen molar-refractivity contribution in [3.05, 3.63) is 70.5 Å². The van der Waals surface area contributed by atoms with E-state index in [1.807, 2.05) is 6.07 Å². The van der Waals surface area contributed by atoms with Crippen molar-refractivity contribution in [2.45, 2.75) is 63.6 Å². The van der Waals surface area contributed by atoms with Gasteiger partial charge >= 0.3 is 0 Å². The van der Waals surface area contributed by atoms with E-state index in [1.165, 1.54) is 29.4 Å². The van der Waals surface area contributed by atoms with Gasteiger partial charge in [0.05, 0.1) is 0 Å². The Morgan fingerprint density at radius 2 is 1.59 bits per heavy atom. The van der Waals surface area contributed by atoms with E-state index in [0.29, 0.717) is 17.5 Å². The van der Waals surface area contributed by atoms with Crippen LogP contribution in [0, 0.1) is 11.7 Å². The van der Waals surface area contributed by atoms with E-state index >= 15 is 4.39 Å². The van der Waals surface area contributed by atoms with Crippen LogP contribution in [-0.2, 0) is 22.7 Å². The summed E-state index contributed by atoms with van der Waals surface area (Å²) in [6.07, 6.45) is 4.79. The second-order valence-corrected chi connectivity index (χ2v) is 11.7. The van der Waals surface area contributed by atoms with Crippen LogP contribution >= 0.6 is 0 Å². The lowest BCUT2D eigenvalue weighted by molar-refractivity contribution is -0.136. The number of rotatable bonds is 6. The minimum atomic E-state index is -0.678. The maximum absolute atomic E-state index is 15.2. The number of halogens is 1. The fourth-order valence-corrected chi connectivity index (χ4v) is 6.88. The minimum absolute atomic E-state index is 0.138. The van der Waals surface area contributed by atoms with E-state index in [0.717, 1.165) is 63.6 Å². The Labute approximate surface area is 229 Å². The summed E-state index contributed by atoms with van der Waals surface area (Å²) in [5.74, 6) is -0.546. The first-order valence-electron chi connectivity index (χ1n) is 14.4. The smallest absolute Gasteiger partial charge is 0.255 e. The van der Waals surface area contributed by atoms with Gasteiger partial charge in [-0.15, -0.1) is 0 Å². The number of benzene rings is 2. The molecule has 4 aliphatic heterocycles. The van der Waals surface area contributed by atoms with Crippen molar-refractivity contribution in [2.24, 2.45) is 5.92 Å². The standard InChI is InChI=1S/C31H37FN4O3/c32-27-17-26-24(20-36(31(26)39)28-6-7-29(37)33-30(28)38)16-25(27)23-10-14-35(15-11-23)19-22-8-12-34(13-9-22)18-21-4-2-1-3-5-21/h1-5,16-17,22-23,28H,6-15,18-20H2,(H,33,37,38). The van der Waals surface area contributed by atoms with Crippen molar-refractivity contribution in [1.82, 2.24) is 20.0 Å². The largest absolute Gasteiger partial charge is 0.322 e. The van der Waals surface area contributed by atoms with Gasteiger partial charge in [-0.3, -0.25) is 24.6 Å². The van der Waals surface area contributed by atoms with Gasteiger partial charge in [0, 0.05) is 31.6 Å². The first-order valence-corrected chi connectivity index (χ1v) is 14.4. The van der Waals surface area contributed by atoms with Crippen LogP contribution in [0.2, 0.25) is 0 Å². The molecule has 7 nitrogen and oxygen atoms in total. The molecular formula is C31H37FN4O3. The number of hydrogen-bond acceptors (Lipinski definition) is 5. The molecule has 0 aliphatic carbocycles. The van der Waals surface area contributed by atoms with Crippen LogP contribution in [0.1, 0.15) is 71.5 Å². The number of hydrogen-bond donors (Lipinski definition) is 1. The van der Waals surface area contributed by atoms with Gasteiger partial charge in [-0.05, 0) is 92.9 Å². The molecule has 6 rings (SSSR count). The number of nitrogens with zero attached hydrogens (tertiary/aromatic N) is 3. The molecule has 3 saturated heterocycles. The van der Waals surface area contributed by atoms with E-state index in [1.54, 1.807) is 0 Å². The fourth-order valence-electron chi connectivity index (χ4n) is 6.88. The molecule has 1 atom stereocenters. The number of nitrogens with one attached hydrogen (secondary N) is 1. The lowest BCUT2D eigenvalue weighted by Crippen LogP contribution is -2.52. The third kappa shape index (κ3) is 5.63. The molecule has 4 aliphatic rings. The summed E-state index contributed by atoms with van der Waals surface area (Å²) in [6.45, 7) is 6.65. The fraction of sp³-hybridized carbons (Fsp3) is 0.516. The highest BCUT2D eigenvalue weighted by molar-refractivity contribution is 6.05. The number of carbonyl (C=O) groups is 3. The summed E-state index contributed by atoms with van der Waals surface area (Å²) in [5.41, 5.74) is 3.20. The zero-order valence-corrected chi connectivity index (χ0v) is 22.4. The average molecular weight is 533 g/mol. The topological polar surface area (TPSA) is 73.0 Å². The molecule has 2 aromatic carbocycles. The molecule has 2 aromatic rings. The molecule has 39 heavy (non-hydrogen) atoms. The number of fused-ring (bicyclic) bond motifs is 1. The molecule has 8 heteroatoms. The van der Waals surface area contributed by atoms with Crippen LogP contribution in [0.15, 0.2) is 42.5 Å². The van der Waals surface area contributed by atoms with Crippen molar-refractivity contribution in [2.75, 3.05) is 32.7 Å². The Morgan fingerprint density at radius 3 is 2.31 bits per heavy atom. The van der Waals surface area contributed by atoms with E-state index in [9.17, 15) is 14.4 Å². The quantitative estimate of drug-likeness (QED) is 0.575. The van der Waals surface area contributed by atoms with Gasteiger partial charge < -0.3 is 9.80 Å². The van der Waals surface area contributed by atoms with Crippen LogP contribution in [0.5, 0.6) is 0 Å². The Morgan fingerprint density at radius 1 is 0.872 bits per heavy atom. The summed E-state index contributed by atoms with van der Waals surface area (Å²) in [6, 6.07) is 13.2. The Hall–Kier alpha value is -3.10. The molecule has 0 aromatic heterocycles. The first-order chi connectivity index (χ1) is 18.9. The molecule has 1 N–H and O–H groups in total. The second-order valence-electron chi connectivity index (χ2n) is 11.7. The van der Waals surface area contributed by atoms with Gasteiger partial charge in [-0.1, -0.05) is 36.4 Å². The molecule has 206 valence electrons. The summed E-state index contributed by atoms with van der Waals surface area (Å²) >= 11 is 0. The van der Waals surface area contributed by atoms with Crippen molar-refractivity contribution in [3.8, 4) is 0 Å². The Balaban J connectivity index is 1.01. The molecule has 1 unspecified atom stereocenters. The normalized spacial score (nSPS) is 23.8. The maximum atomic E-state index is 15.2. The van der Waals surface area contributed by atoms with Crippen molar-refractivity contribution in [3.63, 3.8) is 0 Å². The van der Waals surface area contributed by atoms with Crippen LogP contribution < -0.4 is 5.32 Å². The lowest BCUT2D eigenvalue weighted by Gasteiger charge is -2.38. The number of carbonyl (C=O) groups excluding carboxylic acids is 3. The predicted molar refractivity (Wildman–Crippen MR) is 145 cm³/mol. The van der Waals surface area contributed by atoms with E-state index in [2.05, 4.69) is 45.4 Å². The van der Waals surface area contributed by atoms with Gasteiger partial charge in [-0.2, -0.15) is 0 Å². The molecule has 4 heterocycles. The lowest BCUT2D eigenvalue weighted by atomic mass is 9.86. The van der Waals surface area contributed by atoms with E-state index in [-0.39, 0.29) is 36.5 Å². The van der Waals surface area contributed by atoms with Crippen LogP contribution in [0.4, 0.5) is 4.39 Å². The number of piperidine rings is 3. The van der Waals surface area contributed by atoms with Crippen molar-refractivity contribution >= 4 is 17.7 Å². The molecule has 0 saturated carbocycles. The SMILES string of the molecule is O=C1CCC(N2Cc3cc(C4CCN(CC5CCN(Cc6ccccc6)CC5)CC4)c(F)cc3C2=O)C(=O)N1. The number of amides is 3. The Kier molecular flexibility index (Phi) is 7.49. The highest BCUT2D eigenvalue weighted by atomic mass is 19.1. The summed E-state index contributed by atoms with van der Waals surface area (Å²) in [5, 5.41) is 2.32. The highest BCUT2D eigenvalue weighted by Crippen LogP contribution is 2.36. The van der Waals surface area contributed by atoms with Gasteiger partial charge in [0.2, 0.25) is 11.8 Å². The summed E-state index contributed by atoms with van der Waals surface area (Å²) < 4.78 is 15.2. The first kappa shape index (κ1) is 26.1. The highest BCUT2D eigenvalue weighted by Gasteiger charge is 2.40. The third-order valence-electron chi connectivity index (χ3n) is 9.14. The van der Waals surface area contributed by atoms with Gasteiger partial charge in [-0.25, -0.2) is 4.39 Å². The Bertz CT molecular complexity index is 1240. The van der Waals surface area contributed by atoms with E-state index in [4.69, 9.17) is 0 Å². The average Bonchev–Trinajstić information content (AvgIpc) is 3.25. The maximum Gasteiger partial charge on any atom is 0.255 e. The van der Waals surface area contributed by atoms with Crippen LogP contribution in [-0.4, -0.2) is 71.2 Å². The number of imide groups is 1. The van der Waals surface area contributed by atoms with E-state index < -0.39 is 11.9 Å². The second kappa shape index (κ2) is 11.2. The van der Waals surface area contributed by atoms with Crippen molar-refractivity contribution in [1.29, 1.82) is 0 Å². The molecule has 0 radical (unpaired) electrons. The molecule has 3 fully saturated rings. The van der Waals surface area contributed by atoms with Gasteiger partial charge in [0.1, 0.15) is 11.9 Å².